The van der Waals surface area contributed by atoms with Gasteiger partial charge in [-0.3, -0.25) is 9.69 Å². The number of nitrogens with one attached hydrogen (secondary N) is 2. The number of carbonyl (C=O) groups is 1. The second-order valence-electron chi connectivity index (χ2n) is 6.15. The SMILES string of the molecule is COCCN(C)Cc1cc(Cl)c(F)c(CNC(=O)[C@@H]2CCCN2)c1. The Morgan fingerprint density at radius 3 is 3.00 bits per heavy atom. The maximum absolute atomic E-state index is 14.2. The molecule has 0 unspecified atom stereocenters. The first-order valence-corrected chi connectivity index (χ1v) is 8.54. The van der Waals surface area contributed by atoms with E-state index in [-0.39, 0.29) is 23.5 Å². The van der Waals surface area contributed by atoms with Crippen LogP contribution in [0.1, 0.15) is 24.0 Å². The number of benzene rings is 1. The van der Waals surface area contributed by atoms with Crippen LogP contribution in [-0.4, -0.2) is 50.7 Å². The van der Waals surface area contributed by atoms with Crippen molar-refractivity contribution in [3.63, 3.8) is 0 Å². The molecule has 1 aliphatic rings. The molecule has 1 amide bonds. The Morgan fingerprint density at radius 1 is 1.54 bits per heavy atom. The van der Waals surface area contributed by atoms with Gasteiger partial charge in [-0.2, -0.15) is 0 Å². The fourth-order valence-electron chi connectivity index (χ4n) is 2.78. The highest BCUT2D eigenvalue weighted by molar-refractivity contribution is 6.30. The number of methoxy groups -OCH3 is 1. The maximum atomic E-state index is 14.2. The quantitative estimate of drug-likeness (QED) is 0.746. The first kappa shape index (κ1) is 19.1. The predicted octanol–water partition coefficient (Wildman–Crippen LogP) is 1.93. The first-order valence-electron chi connectivity index (χ1n) is 8.16. The molecule has 1 aromatic carbocycles. The third-order valence-electron chi connectivity index (χ3n) is 4.12. The van der Waals surface area contributed by atoms with Gasteiger partial charge in [-0.1, -0.05) is 11.6 Å². The Hall–Kier alpha value is -1.21. The molecule has 134 valence electrons. The minimum atomic E-state index is -0.473. The van der Waals surface area contributed by atoms with Gasteiger partial charge >= 0.3 is 0 Å². The monoisotopic (exact) mass is 357 g/mol. The maximum Gasteiger partial charge on any atom is 0.237 e. The number of amides is 1. The van der Waals surface area contributed by atoms with Crippen LogP contribution in [0.15, 0.2) is 12.1 Å². The van der Waals surface area contributed by atoms with Gasteiger partial charge in [-0.05, 0) is 44.1 Å². The van der Waals surface area contributed by atoms with Gasteiger partial charge in [0.05, 0.1) is 17.7 Å². The minimum Gasteiger partial charge on any atom is -0.383 e. The molecule has 0 saturated carbocycles. The van der Waals surface area contributed by atoms with Crippen molar-refractivity contribution in [3.05, 3.63) is 34.1 Å². The summed E-state index contributed by atoms with van der Waals surface area (Å²) in [6.07, 6.45) is 1.81. The summed E-state index contributed by atoms with van der Waals surface area (Å²) in [7, 11) is 3.62. The predicted molar refractivity (Wildman–Crippen MR) is 92.5 cm³/mol. The van der Waals surface area contributed by atoms with Gasteiger partial charge < -0.3 is 15.4 Å². The number of carbonyl (C=O) groups excluding carboxylic acids is 1. The molecular weight excluding hydrogens is 333 g/mol. The molecule has 2 rings (SSSR count). The van der Waals surface area contributed by atoms with Crippen LogP contribution < -0.4 is 10.6 Å². The lowest BCUT2D eigenvalue weighted by Crippen LogP contribution is -2.40. The topological polar surface area (TPSA) is 53.6 Å². The summed E-state index contributed by atoms with van der Waals surface area (Å²) in [6, 6.07) is 3.21. The molecule has 0 aliphatic carbocycles. The zero-order valence-corrected chi connectivity index (χ0v) is 15.0. The normalized spacial score (nSPS) is 17.5. The van der Waals surface area contributed by atoms with E-state index in [1.54, 1.807) is 19.2 Å². The van der Waals surface area contributed by atoms with Gasteiger partial charge in [-0.15, -0.1) is 0 Å². The molecular formula is C17H25ClFN3O2. The smallest absolute Gasteiger partial charge is 0.237 e. The summed E-state index contributed by atoms with van der Waals surface area (Å²) in [5.74, 6) is -0.565. The molecule has 1 saturated heterocycles. The average molecular weight is 358 g/mol. The summed E-state index contributed by atoms with van der Waals surface area (Å²) < 4.78 is 19.3. The van der Waals surface area contributed by atoms with Crippen molar-refractivity contribution >= 4 is 17.5 Å². The van der Waals surface area contributed by atoms with Crippen LogP contribution in [0, 0.1) is 5.82 Å². The molecule has 24 heavy (non-hydrogen) atoms. The Morgan fingerprint density at radius 2 is 2.33 bits per heavy atom. The van der Waals surface area contributed by atoms with Crippen molar-refractivity contribution in [1.29, 1.82) is 0 Å². The third kappa shape index (κ3) is 5.41. The van der Waals surface area contributed by atoms with E-state index in [1.165, 1.54) is 0 Å². The molecule has 0 aromatic heterocycles. The van der Waals surface area contributed by atoms with Gasteiger partial charge in [0, 0.05) is 32.3 Å². The van der Waals surface area contributed by atoms with Gasteiger partial charge in [0.25, 0.3) is 0 Å². The second-order valence-corrected chi connectivity index (χ2v) is 6.56. The number of likely N-dealkylation sites (N-methyl/N-ethyl adjacent to an activating group) is 1. The largest absolute Gasteiger partial charge is 0.383 e. The molecule has 1 aliphatic heterocycles. The zero-order valence-electron chi connectivity index (χ0n) is 14.2. The minimum absolute atomic E-state index is 0.0795. The lowest BCUT2D eigenvalue weighted by Gasteiger charge is -2.18. The molecule has 0 radical (unpaired) electrons. The van der Waals surface area contributed by atoms with E-state index in [0.29, 0.717) is 18.7 Å². The number of hydrogen-bond acceptors (Lipinski definition) is 4. The molecule has 1 fully saturated rings. The van der Waals surface area contributed by atoms with E-state index in [0.717, 1.165) is 31.5 Å². The van der Waals surface area contributed by atoms with Crippen molar-refractivity contribution < 1.29 is 13.9 Å². The van der Waals surface area contributed by atoms with Crippen LogP contribution in [0.4, 0.5) is 4.39 Å². The Kier molecular flexibility index (Phi) is 7.42. The fourth-order valence-corrected chi connectivity index (χ4v) is 3.04. The first-order chi connectivity index (χ1) is 11.5. The number of ether oxygens (including phenoxy) is 1. The number of halogens is 2. The third-order valence-corrected chi connectivity index (χ3v) is 4.40. The molecule has 1 atom stereocenters. The van der Waals surface area contributed by atoms with Crippen molar-refractivity contribution in [1.82, 2.24) is 15.5 Å². The summed E-state index contributed by atoms with van der Waals surface area (Å²) in [6.45, 7) is 3.02. The number of nitrogens with zero attached hydrogens (tertiary/aromatic N) is 1. The van der Waals surface area contributed by atoms with Crippen molar-refractivity contribution in [2.24, 2.45) is 0 Å². The van der Waals surface area contributed by atoms with Crippen LogP contribution in [0.2, 0.25) is 5.02 Å². The van der Waals surface area contributed by atoms with E-state index in [2.05, 4.69) is 15.5 Å². The van der Waals surface area contributed by atoms with Gasteiger partial charge in [-0.25, -0.2) is 4.39 Å². The van der Waals surface area contributed by atoms with Gasteiger partial charge in [0.1, 0.15) is 5.82 Å². The number of hydrogen-bond donors (Lipinski definition) is 2. The molecule has 0 bridgehead atoms. The lowest BCUT2D eigenvalue weighted by atomic mass is 10.1. The van der Waals surface area contributed by atoms with Crippen molar-refractivity contribution in [2.75, 3.05) is 33.9 Å². The Labute approximate surface area is 147 Å². The van der Waals surface area contributed by atoms with E-state index >= 15 is 0 Å². The highest BCUT2D eigenvalue weighted by Crippen LogP contribution is 2.22. The van der Waals surface area contributed by atoms with Crippen LogP contribution in [0.5, 0.6) is 0 Å². The molecule has 0 spiro atoms. The van der Waals surface area contributed by atoms with Crippen molar-refractivity contribution in [2.45, 2.75) is 32.0 Å². The van der Waals surface area contributed by atoms with Crippen LogP contribution in [0.3, 0.4) is 0 Å². The number of rotatable bonds is 8. The summed E-state index contributed by atoms with van der Waals surface area (Å²) in [5.41, 5.74) is 1.31. The summed E-state index contributed by atoms with van der Waals surface area (Å²) >= 11 is 6.01. The summed E-state index contributed by atoms with van der Waals surface area (Å²) in [5, 5.41) is 5.99. The highest BCUT2D eigenvalue weighted by atomic mass is 35.5. The second kappa shape index (κ2) is 9.32. The average Bonchev–Trinajstić information content (AvgIpc) is 3.09. The Bertz CT molecular complexity index is 565. The summed E-state index contributed by atoms with van der Waals surface area (Å²) in [4.78, 5) is 14.1. The molecule has 5 nitrogen and oxygen atoms in total. The van der Waals surface area contributed by atoms with Gasteiger partial charge in [0.2, 0.25) is 5.91 Å². The lowest BCUT2D eigenvalue weighted by molar-refractivity contribution is -0.122. The van der Waals surface area contributed by atoms with Crippen molar-refractivity contribution in [3.8, 4) is 0 Å². The van der Waals surface area contributed by atoms with Crippen LogP contribution in [0.25, 0.3) is 0 Å². The van der Waals surface area contributed by atoms with E-state index in [9.17, 15) is 9.18 Å². The van der Waals surface area contributed by atoms with E-state index < -0.39 is 5.82 Å². The fraction of sp³-hybridized carbons (Fsp3) is 0.588. The van der Waals surface area contributed by atoms with Gasteiger partial charge in [0.15, 0.2) is 0 Å². The highest BCUT2D eigenvalue weighted by Gasteiger charge is 2.22. The van der Waals surface area contributed by atoms with E-state index in [4.69, 9.17) is 16.3 Å². The molecule has 7 heteroatoms. The molecule has 1 heterocycles. The zero-order chi connectivity index (χ0) is 17.5. The van der Waals surface area contributed by atoms with E-state index in [1.807, 2.05) is 7.05 Å². The molecule has 2 N–H and O–H groups in total. The standard InChI is InChI=1S/C17H25ClFN3O2/c1-22(6-7-24-2)11-12-8-13(16(19)14(18)9-12)10-21-17(23)15-4-3-5-20-15/h8-9,15,20H,3-7,10-11H2,1-2H3,(H,21,23)/t15-/m0/s1. The van der Waals surface area contributed by atoms with Crippen LogP contribution >= 0.6 is 11.6 Å². The Balaban J connectivity index is 1.98. The van der Waals surface area contributed by atoms with Crippen LogP contribution in [-0.2, 0) is 22.6 Å². The molecule has 1 aromatic rings.